The molecule has 0 saturated heterocycles. The van der Waals surface area contributed by atoms with Crippen molar-refractivity contribution in [1.82, 2.24) is 9.55 Å². The molecule has 3 rings (SSSR count). The fourth-order valence-corrected chi connectivity index (χ4v) is 2.69. The zero-order valence-electron chi connectivity index (χ0n) is 15.7. The summed E-state index contributed by atoms with van der Waals surface area (Å²) < 4.78 is 7.89. The highest BCUT2D eigenvalue weighted by Gasteiger charge is 1.97. The van der Waals surface area contributed by atoms with E-state index in [4.69, 9.17) is 10.00 Å². The summed E-state index contributed by atoms with van der Waals surface area (Å²) >= 11 is 0. The van der Waals surface area contributed by atoms with E-state index in [1.807, 2.05) is 43.0 Å². The van der Waals surface area contributed by atoms with Crippen LogP contribution in [0.15, 0.2) is 77.5 Å². The molecule has 0 aliphatic carbocycles. The second kappa shape index (κ2) is 10.6. The molecule has 0 aliphatic rings. The summed E-state index contributed by atoms with van der Waals surface area (Å²) in [6, 6.07) is 16.7. The molecule has 1 heterocycles. The number of aromatic nitrogens is 2. The number of ether oxygens (including phenoxy) is 1. The summed E-state index contributed by atoms with van der Waals surface area (Å²) in [5, 5.41) is 17.2. The first-order valence-corrected chi connectivity index (χ1v) is 9.44. The van der Waals surface area contributed by atoms with Gasteiger partial charge in [0.25, 0.3) is 0 Å². The van der Waals surface area contributed by atoms with E-state index in [2.05, 4.69) is 25.8 Å². The number of rotatable bonds is 10. The van der Waals surface area contributed by atoms with Crippen LogP contribution >= 0.6 is 0 Å². The molecule has 142 valence electrons. The van der Waals surface area contributed by atoms with Gasteiger partial charge in [-0.1, -0.05) is 12.8 Å². The second-order valence-electron chi connectivity index (χ2n) is 6.42. The molecule has 1 aromatic heterocycles. The van der Waals surface area contributed by atoms with Gasteiger partial charge in [0.1, 0.15) is 5.75 Å². The Labute approximate surface area is 165 Å². The number of unbranched alkanes of at least 4 members (excludes halogenated alkanes) is 3. The van der Waals surface area contributed by atoms with Crippen molar-refractivity contribution in [2.45, 2.75) is 32.2 Å². The predicted octanol–water partition coefficient (Wildman–Crippen LogP) is 5.81. The third-order valence-electron chi connectivity index (χ3n) is 4.25. The SMILES string of the molecule is N#Cc1ccc(N=Nc2ccc(OCCCCCCn3ccnc3)cc2)cc1. The number of hydrogen-bond donors (Lipinski definition) is 0. The van der Waals surface area contributed by atoms with E-state index < -0.39 is 0 Å². The molecule has 0 N–H and O–H groups in total. The highest BCUT2D eigenvalue weighted by Crippen LogP contribution is 2.21. The quantitative estimate of drug-likeness (QED) is 0.332. The molecule has 0 fully saturated rings. The van der Waals surface area contributed by atoms with Crippen molar-refractivity contribution in [3.63, 3.8) is 0 Å². The summed E-state index contributed by atoms with van der Waals surface area (Å²) in [5.41, 5.74) is 2.09. The summed E-state index contributed by atoms with van der Waals surface area (Å²) in [4.78, 5) is 4.04. The lowest BCUT2D eigenvalue weighted by Gasteiger charge is -2.06. The Morgan fingerprint density at radius 3 is 2.21 bits per heavy atom. The van der Waals surface area contributed by atoms with Crippen molar-refractivity contribution >= 4 is 11.4 Å². The number of benzene rings is 2. The maximum atomic E-state index is 8.79. The molecule has 0 bridgehead atoms. The predicted molar refractivity (Wildman–Crippen MR) is 108 cm³/mol. The second-order valence-corrected chi connectivity index (χ2v) is 6.42. The van der Waals surface area contributed by atoms with Crippen LogP contribution in [0.4, 0.5) is 11.4 Å². The zero-order chi connectivity index (χ0) is 19.4. The van der Waals surface area contributed by atoms with Crippen LogP contribution in [0.3, 0.4) is 0 Å². The van der Waals surface area contributed by atoms with E-state index in [0.29, 0.717) is 11.3 Å². The number of azo groups is 1. The van der Waals surface area contributed by atoms with Gasteiger partial charge in [-0.3, -0.25) is 0 Å². The van der Waals surface area contributed by atoms with Gasteiger partial charge in [-0.15, -0.1) is 0 Å². The molecule has 6 nitrogen and oxygen atoms in total. The zero-order valence-corrected chi connectivity index (χ0v) is 15.7. The van der Waals surface area contributed by atoms with Crippen LogP contribution in [-0.4, -0.2) is 16.2 Å². The number of nitriles is 1. The van der Waals surface area contributed by atoms with Crippen LogP contribution in [0.1, 0.15) is 31.2 Å². The van der Waals surface area contributed by atoms with Gasteiger partial charge < -0.3 is 9.30 Å². The number of nitrogens with zero attached hydrogens (tertiary/aromatic N) is 5. The average Bonchev–Trinajstić information content (AvgIpc) is 3.26. The number of aryl methyl sites for hydroxylation is 1. The summed E-state index contributed by atoms with van der Waals surface area (Å²) in [5.74, 6) is 0.843. The normalized spacial score (nSPS) is 10.8. The maximum Gasteiger partial charge on any atom is 0.119 e. The highest BCUT2D eigenvalue weighted by molar-refractivity contribution is 5.44. The lowest BCUT2D eigenvalue weighted by atomic mass is 10.2. The minimum atomic E-state index is 0.610. The molecule has 2 aromatic carbocycles. The van der Waals surface area contributed by atoms with Crippen molar-refractivity contribution in [2.24, 2.45) is 10.2 Å². The molecule has 0 radical (unpaired) electrons. The Hall–Kier alpha value is -3.46. The average molecular weight is 373 g/mol. The molecule has 0 unspecified atom stereocenters. The van der Waals surface area contributed by atoms with Crippen LogP contribution in [0.2, 0.25) is 0 Å². The Morgan fingerprint density at radius 1 is 0.893 bits per heavy atom. The van der Waals surface area contributed by atoms with Gasteiger partial charge in [0.05, 0.1) is 35.9 Å². The van der Waals surface area contributed by atoms with Crippen LogP contribution in [-0.2, 0) is 6.54 Å². The monoisotopic (exact) mass is 373 g/mol. The lowest BCUT2D eigenvalue weighted by Crippen LogP contribution is -1.98. The Bertz CT molecular complexity index is 894. The fraction of sp³-hybridized carbons (Fsp3) is 0.273. The standard InChI is InChI=1S/C22H23N5O/c23-17-19-5-7-20(8-6-19)25-26-21-9-11-22(12-10-21)28-16-4-2-1-3-14-27-15-13-24-18-27/h5-13,15,18H,1-4,14,16H2. The number of hydrogen-bond acceptors (Lipinski definition) is 5. The smallest absolute Gasteiger partial charge is 0.119 e. The van der Waals surface area contributed by atoms with Crippen molar-refractivity contribution in [3.05, 3.63) is 72.8 Å². The van der Waals surface area contributed by atoms with Crippen molar-refractivity contribution in [3.8, 4) is 11.8 Å². The number of imidazole rings is 1. The largest absolute Gasteiger partial charge is 0.494 e. The molecule has 28 heavy (non-hydrogen) atoms. The Balaban J connectivity index is 1.33. The minimum Gasteiger partial charge on any atom is -0.494 e. The van der Waals surface area contributed by atoms with E-state index in [0.717, 1.165) is 43.9 Å². The summed E-state index contributed by atoms with van der Waals surface area (Å²) in [7, 11) is 0. The highest BCUT2D eigenvalue weighted by atomic mass is 16.5. The van der Waals surface area contributed by atoms with Gasteiger partial charge >= 0.3 is 0 Å². The van der Waals surface area contributed by atoms with Crippen LogP contribution in [0, 0.1) is 11.3 Å². The molecule has 0 atom stereocenters. The maximum absolute atomic E-state index is 8.79. The van der Waals surface area contributed by atoms with E-state index in [-0.39, 0.29) is 0 Å². The van der Waals surface area contributed by atoms with Crippen molar-refractivity contribution < 1.29 is 4.74 Å². The van der Waals surface area contributed by atoms with E-state index >= 15 is 0 Å². The topological polar surface area (TPSA) is 75.6 Å². The van der Waals surface area contributed by atoms with Gasteiger partial charge in [0, 0.05) is 18.9 Å². The first-order chi connectivity index (χ1) is 13.8. The van der Waals surface area contributed by atoms with Crippen molar-refractivity contribution in [2.75, 3.05) is 6.61 Å². The molecule has 0 spiro atoms. The van der Waals surface area contributed by atoms with Gasteiger partial charge in [0.15, 0.2) is 0 Å². The van der Waals surface area contributed by atoms with Gasteiger partial charge in [0.2, 0.25) is 0 Å². The molecule has 6 heteroatoms. The molecule has 0 saturated carbocycles. The van der Waals surface area contributed by atoms with Crippen LogP contribution in [0.25, 0.3) is 0 Å². The molecule has 3 aromatic rings. The van der Waals surface area contributed by atoms with E-state index in [9.17, 15) is 0 Å². The first kappa shape index (κ1) is 19.3. The Morgan fingerprint density at radius 2 is 1.57 bits per heavy atom. The lowest BCUT2D eigenvalue weighted by molar-refractivity contribution is 0.304. The fourth-order valence-electron chi connectivity index (χ4n) is 2.69. The summed E-state index contributed by atoms with van der Waals surface area (Å²) in [6.45, 7) is 1.75. The molecular formula is C22H23N5O. The molecule has 0 amide bonds. The third kappa shape index (κ3) is 6.36. The Kier molecular flexibility index (Phi) is 7.33. The minimum absolute atomic E-state index is 0.610. The van der Waals surface area contributed by atoms with E-state index in [1.165, 1.54) is 6.42 Å². The first-order valence-electron chi connectivity index (χ1n) is 9.44. The summed E-state index contributed by atoms with van der Waals surface area (Å²) in [6.07, 6.45) is 10.2. The van der Waals surface area contributed by atoms with Gasteiger partial charge in [-0.2, -0.15) is 15.5 Å². The van der Waals surface area contributed by atoms with Crippen LogP contribution < -0.4 is 4.74 Å². The van der Waals surface area contributed by atoms with Crippen molar-refractivity contribution in [1.29, 1.82) is 5.26 Å². The molecule has 0 aliphatic heterocycles. The van der Waals surface area contributed by atoms with Gasteiger partial charge in [-0.05, 0) is 61.4 Å². The third-order valence-corrected chi connectivity index (χ3v) is 4.25. The van der Waals surface area contributed by atoms with E-state index in [1.54, 1.807) is 24.3 Å². The van der Waals surface area contributed by atoms with Crippen LogP contribution in [0.5, 0.6) is 5.75 Å². The van der Waals surface area contributed by atoms with Gasteiger partial charge in [-0.25, -0.2) is 4.98 Å². The molecular weight excluding hydrogens is 350 g/mol.